The van der Waals surface area contributed by atoms with Gasteiger partial charge in [-0.3, -0.25) is 0 Å². The van der Waals surface area contributed by atoms with E-state index in [1.165, 1.54) is 11.6 Å². The van der Waals surface area contributed by atoms with Gasteiger partial charge in [0.1, 0.15) is 17.3 Å². The van der Waals surface area contributed by atoms with Crippen molar-refractivity contribution in [2.45, 2.75) is 38.0 Å². The van der Waals surface area contributed by atoms with Crippen LogP contribution in [0.5, 0.6) is 0 Å². The Morgan fingerprint density at radius 3 is 2.61 bits per heavy atom. The molecule has 4 aromatic rings. The predicted molar refractivity (Wildman–Crippen MR) is 142 cm³/mol. The minimum Gasteiger partial charge on any atom is -0.476 e. The maximum Gasteiger partial charge on any atom is 0.356 e. The molecule has 2 aromatic carbocycles. The van der Waals surface area contributed by atoms with E-state index in [0.29, 0.717) is 27.7 Å². The molecule has 1 saturated heterocycles. The second kappa shape index (κ2) is 8.63. The third kappa shape index (κ3) is 3.86. The first-order valence-electron chi connectivity index (χ1n) is 12.8. The molecular formula is C29H24ClFN4O3. The van der Waals surface area contributed by atoms with E-state index in [1.54, 1.807) is 18.2 Å². The molecule has 1 aliphatic heterocycles. The Morgan fingerprint density at radius 1 is 1.11 bits per heavy atom. The lowest BCUT2D eigenvalue weighted by Gasteiger charge is -2.47. The molecule has 2 fully saturated rings. The summed E-state index contributed by atoms with van der Waals surface area (Å²) in [5.74, 6) is -0.270. The number of carboxylic acids is 1. The number of allylic oxidation sites excluding steroid dienone is 2. The van der Waals surface area contributed by atoms with Gasteiger partial charge in [-0.2, -0.15) is 0 Å². The maximum atomic E-state index is 14.8. The molecule has 7 rings (SSSR count). The minimum atomic E-state index is -1.09. The van der Waals surface area contributed by atoms with Crippen LogP contribution in [-0.4, -0.2) is 39.5 Å². The van der Waals surface area contributed by atoms with Gasteiger partial charge < -0.3 is 14.5 Å². The lowest BCUT2D eigenvalue weighted by Crippen LogP contribution is -2.42. The highest BCUT2D eigenvalue weighted by Gasteiger charge is 2.44. The molecule has 0 atom stereocenters. The molecule has 7 nitrogen and oxygen atoms in total. The Labute approximate surface area is 222 Å². The van der Waals surface area contributed by atoms with Crippen molar-refractivity contribution >= 4 is 39.7 Å². The number of hydrogen-bond acceptors (Lipinski definition) is 6. The molecule has 0 unspecified atom stereocenters. The summed E-state index contributed by atoms with van der Waals surface area (Å²) in [6, 6.07) is 12.1. The van der Waals surface area contributed by atoms with Gasteiger partial charge in [-0.05, 0) is 73.4 Å². The third-order valence-electron chi connectivity index (χ3n) is 8.13. The van der Waals surface area contributed by atoms with Crippen molar-refractivity contribution in [1.82, 2.24) is 15.4 Å². The number of halogens is 2. The van der Waals surface area contributed by atoms with Crippen molar-refractivity contribution in [2.24, 2.45) is 5.41 Å². The van der Waals surface area contributed by atoms with Crippen LogP contribution in [0.25, 0.3) is 27.7 Å². The number of carbonyl (C=O) groups is 1. The molecule has 38 heavy (non-hydrogen) atoms. The van der Waals surface area contributed by atoms with Crippen LogP contribution in [0.2, 0.25) is 5.02 Å². The molecule has 1 saturated carbocycles. The van der Waals surface area contributed by atoms with Gasteiger partial charge in [0.05, 0.1) is 16.1 Å². The van der Waals surface area contributed by atoms with Gasteiger partial charge in [-0.15, -0.1) is 10.2 Å². The van der Waals surface area contributed by atoms with Crippen LogP contribution in [0.3, 0.4) is 0 Å². The highest BCUT2D eigenvalue weighted by molar-refractivity contribution is 6.33. The monoisotopic (exact) mass is 530 g/mol. The number of benzene rings is 2. The summed E-state index contributed by atoms with van der Waals surface area (Å²) in [4.78, 5) is 13.5. The fourth-order valence-electron chi connectivity index (χ4n) is 5.87. The second-order valence-corrected chi connectivity index (χ2v) is 11.0. The molecule has 0 radical (unpaired) electrons. The average molecular weight is 531 g/mol. The smallest absolute Gasteiger partial charge is 0.356 e. The number of anilines is 1. The lowest BCUT2D eigenvalue weighted by atomic mass is 9.63. The molecule has 9 heteroatoms. The van der Waals surface area contributed by atoms with Crippen molar-refractivity contribution in [2.75, 3.05) is 18.0 Å². The predicted octanol–water partition coefficient (Wildman–Crippen LogP) is 6.73. The number of carboxylic acid groups (broad SMARTS) is 1. The normalized spacial score (nSPS) is 18.5. The van der Waals surface area contributed by atoms with E-state index in [1.807, 2.05) is 18.2 Å². The third-order valence-corrected chi connectivity index (χ3v) is 8.44. The fourth-order valence-corrected chi connectivity index (χ4v) is 6.12. The van der Waals surface area contributed by atoms with Gasteiger partial charge in [0.25, 0.3) is 0 Å². The van der Waals surface area contributed by atoms with Crippen LogP contribution in [0.4, 0.5) is 10.1 Å². The highest BCUT2D eigenvalue weighted by Crippen LogP contribution is 2.56. The zero-order chi connectivity index (χ0) is 26.0. The Hall–Kier alpha value is -3.78. The summed E-state index contributed by atoms with van der Waals surface area (Å²) in [5, 5.41) is 22.5. The van der Waals surface area contributed by atoms with Gasteiger partial charge in [-0.25, -0.2) is 9.18 Å². The van der Waals surface area contributed by atoms with Gasteiger partial charge >= 0.3 is 5.97 Å². The summed E-state index contributed by atoms with van der Waals surface area (Å²) >= 11 is 6.40. The molecule has 3 aliphatic rings. The minimum absolute atomic E-state index is 0.0594. The largest absolute Gasteiger partial charge is 0.476 e. The average Bonchev–Trinajstić information content (AvgIpc) is 3.66. The fraction of sp³-hybridized carbons (Fsp3) is 0.310. The Bertz CT molecular complexity index is 1620. The maximum absolute atomic E-state index is 14.8. The van der Waals surface area contributed by atoms with Crippen LogP contribution in [0, 0.1) is 11.2 Å². The van der Waals surface area contributed by atoms with E-state index >= 15 is 0 Å². The number of nitrogens with zero attached hydrogens (tertiary/aromatic N) is 4. The van der Waals surface area contributed by atoms with Crippen molar-refractivity contribution < 1.29 is 18.8 Å². The van der Waals surface area contributed by atoms with Gasteiger partial charge in [0.2, 0.25) is 0 Å². The summed E-state index contributed by atoms with van der Waals surface area (Å²) in [7, 11) is 0. The second-order valence-electron chi connectivity index (χ2n) is 10.6. The first kappa shape index (κ1) is 23.3. The first-order chi connectivity index (χ1) is 18.4. The van der Waals surface area contributed by atoms with Crippen LogP contribution < -0.4 is 4.90 Å². The van der Waals surface area contributed by atoms with Crippen molar-refractivity contribution in [3.8, 4) is 11.3 Å². The van der Waals surface area contributed by atoms with Crippen LogP contribution >= 0.6 is 11.6 Å². The summed E-state index contributed by atoms with van der Waals surface area (Å²) in [6.07, 6.45) is 7.37. The van der Waals surface area contributed by atoms with E-state index in [2.05, 4.69) is 26.3 Å². The quantitative estimate of drug-likeness (QED) is 0.306. The van der Waals surface area contributed by atoms with Crippen LogP contribution in [0.1, 0.15) is 59.8 Å². The molecule has 1 spiro atoms. The number of piperidine rings is 1. The first-order valence-corrected chi connectivity index (χ1v) is 13.2. The van der Waals surface area contributed by atoms with Crippen LogP contribution in [0.15, 0.2) is 53.1 Å². The summed E-state index contributed by atoms with van der Waals surface area (Å²) in [6.45, 7) is 1.78. The number of aromatic carboxylic acids is 1. The number of fused-ring (bicyclic) bond motifs is 1. The summed E-state index contributed by atoms with van der Waals surface area (Å²) in [5.41, 5.74) is 4.71. The van der Waals surface area contributed by atoms with Gasteiger partial charge in [-0.1, -0.05) is 35.0 Å². The van der Waals surface area contributed by atoms with Gasteiger partial charge in [0, 0.05) is 35.6 Å². The molecule has 192 valence electrons. The highest BCUT2D eigenvalue weighted by atomic mass is 35.5. The van der Waals surface area contributed by atoms with E-state index in [9.17, 15) is 9.18 Å². The van der Waals surface area contributed by atoms with E-state index in [-0.39, 0.29) is 11.1 Å². The molecule has 0 amide bonds. The van der Waals surface area contributed by atoms with E-state index < -0.39 is 11.8 Å². The summed E-state index contributed by atoms with van der Waals surface area (Å²) < 4.78 is 20.6. The molecule has 1 N–H and O–H groups in total. The van der Waals surface area contributed by atoms with Crippen molar-refractivity contribution in [3.63, 3.8) is 0 Å². The zero-order valence-electron chi connectivity index (χ0n) is 20.5. The molecular weight excluding hydrogens is 507 g/mol. The zero-order valence-corrected chi connectivity index (χ0v) is 21.2. The molecule has 2 aromatic heterocycles. The Kier molecular flexibility index (Phi) is 5.30. The Morgan fingerprint density at radius 2 is 1.89 bits per heavy atom. The van der Waals surface area contributed by atoms with Crippen molar-refractivity contribution in [1.29, 1.82) is 0 Å². The molecule has 2 aliphatic carbocycles. The molecule has 3 heterocycles. The van der Waals surface area contributed by atoms with Crippen LogP contribution in [-0.2, 0) is 0 Å². The van der Waals surface area contributed by atoms with E-state index in [0.717, 1.165) is 67.6 Å². The topological polar surface area (TPSA) is 92.3 Å². The molecule has 0 bridgehead atoms. The van der Waals surface area contributed by atoms with Gasteiger partial charge in [0.15, 0.2) is 5.69 Å². The Balaban J connectivity index is 1.13. The standard InChI is InChI=1S/C29H24ClFN4O3/c30-20-2-1-3-21(31)25(20)26-24(27(38-34-26)16-4-5-16)18-14-29(15-18)8-10-35(11-9-29)19-7-6-17-12-23(28(36)37)33-32-22(17)13-19/h1-3,6-7,12-14,16H,4-5,8-11,15H2,(H,36,37). The van der Waals surface area contributed by atoms with Crippen molar-refractivity contribution in [3.05, 3.63) is 76.4 Å². The lowest BCUT2D eigenvalue weighted by molar-refractivity contribution is 0.0689. The number of aromatic nitrogens is 3. The number of rotatable bonds is 5. The SMILES string of the molecule is O=C(O)c1cc2ccc(N3CCC4(C=C(c5c(-c6c(F)cccc6Cl)noc5C5CC5)C4)CC3)cc2nn1. The van der Waals surface area contributed by atoms with E-state index in [4.69, 9.17) is 21.2 Å². The number of hydrogen-bond donors (Lipinski definition) is 1.